The second kappa shape index (κ2) is 4.64. The van der Waals surface area contributed by atoms with Crippen LogP contribution in [0.15, 0.2) is 29.1 Å². The summed E-state index contributed by atoms with van der Waals surface area (Å²) in [6.07, 6.45) is 0. The third-order valence-electron chi connectivity index (χ3n) is 3.02. The van der Waals surface area contributed by atoms with Crippen molar-refractivity contribution in [2.45, 2.75) is 20.4 Å². The van der Waals surface area contributed by atoms with Gasteiger partial charge in [0.1, 0.15) is 0 Å². The van der Waals surface area contributed by atoms with Gasteiger partial charge < -0.3 is 9.88 Å². The second-order valence-corrected chi connectivity index (χ2v) is 4.59. The first-order valence-corrected chi connectivity index (χ1v) is 5.81. The maximum Gasteiger partial charge on any atom is 0.253 e. The normalized spacial score (nSPS) is 10.6. The second-order valence-electron chi connectivity index (χ2n) is 4.59. The number of nitrogens with one attached hydrogen (secondary N) is 1. The van der Waals surface area contributed by atoms with Crippen LogP contribution in [0.4, 0.5) is 0 Å². The molecule has 2 rings (SSSR count). The predicted octanol–water partition coefficient (Wildman–Crippen LogP) is 1.81. The van der Waals surface area contributed by atoms with Gasteiger partial charge in [0.15, 0.2) is 0 Å². The predicted molar refractivity (Wildman–Crippen MR) is 71.5 cm³/mol. The zero-order valence-electron chi connectivity index (χ0n) is 10.8. The number of aryl methyl sites for hydroxylation is 1. The van der Waals surface area contributed by atoms with Crippen LogP contribution in [0.5, 0.6) is 0 Å². The minimum absolute atomic E-state index is 0.0570. The van der Waals surface area contributed by atoms with E-state index in [1.54, 1.807) is 7.05 Å². The number of aromatic nitrogens is 1. The average Bonchev–Trinajstić information content (AvgIpc) is 2.30. The van der Waals surface area contributed by atoms with Crippen LogP contribution in [0.1, 0.15) is 18.1 Å². The standard InChI is InChI=1S/C14H16N2O2/c1-9-4-5-11-7-12(8-16(3)10(2)17)14(18)15-13(11)6-9/h4-7H,8H2,1-3H3,(H,15,18). The van der Waals surface area contributed by atoms with Gasteiger partial charge in [-0.3, -0.25) is 9.59 Å². The Balaban J connectivity index is 2.47. The monoisotopic (exact) mass is 244 g/mol. The highest BCUT2D eigenvalue weighted by Gasteiger charge is 2.08. The van der Waals surface area contributed by atoms with E-state index in [1.165, 1.54) is 11.8 Å². The number of hydrogen-bond donors (Lipinski definition) is 1. The number of fused-ring (bicyclic) bond motifs is 1. The summed E-state index contributed by atoms with van der Waals surface area (Å²) in [5.41, 5.74) is 2.39. The summed E-state index contributed by atoms with van der Waals surface area (Å²) in [6.45, 7) is 3.79. The molecule has 2 aromatic rings. The highest BCUT2D eigenvalue weighted by atomic mass is 16.2. The molecular weight excluding hydrogens is 228 g/mol. The molecule has 18 heavy (non-hydrogen) atoms. The molecule has 1 amide bonds. The van der Waals surface area contributed by atoms with Gasteiger partial charge in [-0.2, -0.15) is 0 Å². The van der Waals surface area contributed by atoms with Gasteiger partial charge in [-0.1, -0.05) is 12.1 Å². The maximum atomic E-state index is 11.9. The van der Waals surface area contributed by atoms with Gasteiger partial charge in [0.2, 0.25) is 5.91 Å². The third kappa shape index (κ3) is 2.42. The van der Waals surface area contributed by atoms with Gasteiger partial charge in [-0.25, -0.2) is 0 Å². The van der Waals surface area contributed by atoms with E-state index >= 15 is 0 Å². The first-order chi connectivity index (χ1) is 8.47. The minimum atomic E-state index is -0.138. The molecule has 0 fully saturated rings. The number of carbonyl (C=O) groups is 1. The Morgan fingerprint density at radius 3 is 2.72 bits per heavy atom. The van der Waals surface area contributed by atoms with Crippen LogP contribution < -0.4 is 5.56 Å². The number of rotatable bonds is 2. The summed E-state index contributed by atoms with van der Waals surface area (Å²) in [7, 11) is 1.68. The van der Waals surface area contributed by atoms with Crippen LogP contribution in [0.25, 0.3) is 10.9 Å². The summed E-state index contributed by atoms with van der Waals surface area (Å²) < 4.78 is 0. The van der Waals surface area contributed by atoms with Crippen molar-refractivity contribution >= 4 is 16.8 Å². The molecular formula is C14H16N2O2. The topological polar surface area (TPSA) is 53.2 Å². The summed E-state index contributed by atoms with van der Waals surface area (Å²) >= 11 is 0. The molecule has 94 valence electrons. The SMILES string of the molecule is CC(=O)N(C)Cc1cc2ccc(C)cc2[nH]c1=O. The van der Waals surface area contributed by atoms with Gasteiger partial charge in [0.05, 0.1) is 6.54 Å². The van der Waals surface area contributed by atoms with Gasteiger partial charge in [-0.15, -0.1) is 0 Å². The van der Waals surface area contributed by atoms with Crippen LogP contribution >= 0.6 is 0 Å². The number of amides is 1. The lowest BCUT2D eigenvalue weighted by Crippen LogP contribution is -2.27. The molecule has 1 aromatic carbocycles. The molecule has 0 aliphatic rings. The van der Waals surface area contributed by atoms with Crippen molar-refractivity contribution in [2.75, 3.05) is 7.05 Å². The molecule has 0 saturated heterocycles. The van der Waals surface area contributed by atoms with E-state index in [0.717, 1.165) is 16.5 Å². The lowest BCUT2D eigenvalue weighted by molar-refractivity contribution is -0.128. The number of hydrogen-bond acceptors (Lipinski definition) is 2. The number of pyridine rings is 1. The van der Waals surface area contributed by atoms with Crippen molar-refractivity contribution in [1.82, 2.24) is 9.88 Å². The third-order valence-corrected chi connectivity index (χ3v) is 3.02. The quantitative estimate of drug-likeness (QED) is 0.876. The Kier molecular flexibility index (Phi) is 3.19. The van der Waals surface area contributed by atoms with E-state index < -0.39 is 0 Å². The first kappa shape index (κ1) is 12.4. The van der Waals surface area contributed by atoms with E-state index in [4.69, 9.17) is 0 Å². The van der Waals surface area contributed by atoms with Gasteiger partial charge in [-0.05, 0) is 30.0 Å². The smallest absolute Gasteiger partial charge is 0.253 e. The summed E-state index contributed by atoms with van der Waals surface area (Å²) in [5.74, 6) is -0.0570. The van der Waals surface area contributed by atoms with Gasteiger partial charge in [0.25, 0.3) is 5.56 Å². The highest BCUT2D eigenvalue weighted by molar-refractivity contribution is 5.79. The van der Waals surface area contributed by atoms with Crippen molar-refractivity contribution in [1.29, 1.82) is 0 Å². The Morgan fingerprint density at radius 1 is 1.33 bits per heavy atom. The molecule has 0 aliphatic heterocycles. The molecule has 1 aromatic heterocycles. The molecule has 1 N–H and O–H groups in total. The average molecular weight is 244 g/mol. The summed E-state index contributed by atoms with van der Waals surface area (Å²) in [4.78, 5) is 27.5. The minimum Gasteiger partial charge on any atom is -0.341 e. The molecule has 0 bridgehead atoms. The Bertz CT molecular complexity index is 658. The van der Waals surface area contributed by atoms with E-state index in [2.05, 4.69) is 4.98 Å². The van der Waals surface area contributed by atoms with Crippen molar-refractivity contribution in [3.63, 3.8) is 0 Å². The Hall–Kier alpha value is -2.10. The fourth-order valence-electron chi connectivity index (χ4n) is 1.84. The lowest BCUT2D eigenvalue weighted by atomic mass is 10.1. The first-order valence-electron chi connectivity index (χ1n) is 5.81. The van der Waals surface area contributed by atoms with Crippen LogP contribution in [0.3, 0.4) is 0 Å². The zero-order chi connectivity index (χ0) is 13.3. The molecule has 0 atom stereocenters. The van der Waals surface area contributed by atoms with Crippen molar-refractivity contribution in [3.8, 4) is 0 Å². The fourth-order valence-corrected chi connectivity index (χ4v) is 1.84. The number of H-pyrrole nitrogens is 1. The molecule has 4 nitrogen and oxygen atoms in total. The van der Waals surface area contributed by atoms with Crippen molar-refractivity contribution in [2.24, 2.45) is 0 Å². The molecule has 0 unspecified atom stereocenters. The van der Waals surface area contributed by atoms with Gasteiger partial charge in [0, 0.05) is 25.1 Å². The number of aromatic amines is 1. The van der Waals surface area contributed by atoms with Gasteiger partial charge >= 0.3 is 0 Å². The van der Waals surface area contributed by atoms with Crippen LogP contribution in [0, 0.1) is 6.92 Å². The molecule has 1 heterocycles. The fraction of sp³-hybridized carbons (Fsp3) is 0.286. The number of carbonyl (C=O) groups excluding carboxylic acids is 1. The van der Waals surface area contributed by atoms with E-state index in [9.17, 15) is 9.59 Å². The van der Waals surface area contributed by atoms with Crippen molar-refractivity contribution < 1.29 is 4.79 Å². The molecule has 0 aliphatic carbocycles. The van der Waals surface area contributed by atoms with E-state index in [-0.39, 0.29) is 11.5 Å². The van der Waals surface area contributed by atoms with E-state index in [0.29, 0.717) is 12.1 Å². The van der Waals surface area contributed by atoms with Crippen molar-refractivity contribution in [3.05, 3.63) is 45.7 Å². The Morgan fingerprint density at radius 2 is 2.06 bits per heavy atom. The van der Waals surface area contributed by atoms with Crippen LogP contribution in [0.2, 0.25) is 0 Å². The maximum absolute atomic E-state index is 11.9. The summed E-state index contributed by atoms with van der Waals surface area (Å²) in [5, 5.41) is 0.979. The lowest BCUT2D eigenvalue weighted by Gasteiger charge is -2.14. The Labute approximate surface area is 105 Å². The molecule has 4 heteroatoms. The highest BCUT2D eigenvalue weighted by Crippen LogP contribution is 2.13. The van der Waals surface area contributed by atoms with Crippen LogP contribution in [-0.4, -0.2) is 22.8 Å². The summed E-state index contributed by atoms with van der Waals surface area (Å²) in [6, 6.07) is 7.75. The number of benzene rings is 1. The zero-order valence-corrected chi connectivity index (χ0v) is 10.8. The van der Waals surface area contributed by atoms with Crippen LogP contribution in [-0.2, 0) is 11.3 Å². The molecule has 0 spiro atoms. The van der Waals surface area contributed by atoms with E-state index in [1.807, 2.05) is 31.2 Å². The number of nitrogens with zero attached hydrogens (tertiary/aromatic N) is 1. The molecule has 0 saturated carbocycles. The largest absolute Gasteiger partial charge is 0.341 e. The molecule has 0 radical (unpaired) electrons.